The summed E-state index contributed by atoms with van der Waals surface area (Å²) >= 11 is 0. The first kappa shape index (κ1) is 22.2. The van der Waals surface area contributed by atoms with Gasteiger partial charge in [0.1, 0.15) is 26.2 Å². The standard InChI is InChI=1S/C20H17NO8S2/c1-28-16-7-3-5-9-19(16)30(24,25)14-11-12-18(15(13-14)21(22)23)31(26,27)20-10-6-4-8-17(20)29-2/h3-13H,1-2H3. The van der Waals surface area contributed by atoms with E-state index in [1.165, 1.54) is 50.6 Å². The second kappa shape index (κ2) is 8.36. The van der Waals surface area contributed by atoms with Gasteiger partial charge in [-0.2, -0.15) is 0 Å². The van der Waals surface area contributed by atoms with Gasteiger partial charge in [-0.25, -0.2) is 16.8 Å². The molecule has 0 radical (unpaired) electrons. The number of sulfone groups is 2. The van der Waals surface area contributed by atoms with Gasteiger partial charge >= 0.3 is 0 Å². The van der Waals surface area contributed by atoms with Gasteiger partial charge in [-0.3, -0.25) is 10.1 Å². The average molecular weight is 463 g/mol. The van der Waals surface area contributed by atoms with Gasteiger partial charge in [0.25, 0.3) is 5.69 Å². The average Bonchev–Trinajstić information content (AvgIpc) is 2.78. The molecule has 3 rings (SSSR count). The zero-order valence-corrected chi connectivity index (χ0v) is 18.0. The molecule has 0 fully saturated rings. The third-order valence-corrected chi connectivity index (χ3v) is 8.08. The first-order valence-corrected chi connectivity index (χ1v) is 11.7. The minimum atomic E-state index is -4.38. The molecule has 0 saturated heterocycles. The fourth-order valence-corrected chi connectivity index (χ4v) is 5.97. The van der Waals surface area contributed by atoms with Crippen LogP contribution in [0.2, 0.25) is 0 Å². The normalized spacial score (nSPS) is 11.7. The topological polar surface area (TPSA) is 130 Å². The Kier molecular flexibility index (Phi) is 6.00. The molecule has 9 nitrogen and oxygen atoms in total. The summed E-state index contributed by atoms with van der Waals surface area (Å²) in [5, 5.41) is 11.7. The van der Waals surface area contributed by atoms with Gasteiger partial charge in [0.2, 0.25) is 19.7 Å². The molecule has 0 bridgehead atoms. The number of para-hydroxylation sites is 2. The molecule has 0 spiro atoms. The molecule has 0 aliphatic heterocycles. The lowest BCUT2D eigenvalue weighted by atomic mass is 10.3. The maximum atomic E-state index is 13.1. The Morgan fingerprint density at radius 3 is 1.68 bits per heavy atom. The van der Waals surface area contributed by atoms with E-state index < -0.39 is 40.1 Å². The number of nitro groups is 1. The van der Waals surface area contributed by atoms with E-state index in [4.69, 9.17) is 9.47 Å². The highest BCUT2D eigenvalue weighted by Gasteiger charge is 2.32. The van der Waals surface area contributed by atoms with Crippen molar-refractivity contribution < 1.29 is 31.2 Å². The van der Waals surface area contributed by atoms with Crippen LogP contribution in [0.15, 0.2) is 86.3 Å². The third kappa shape index (κ3) is 3.97. The predicted octanol–water partition coefficient (Wildman–Crippen LogP) is 3.28. The fraction of sp³-hybridized carbons (Fsp3) is 0.100. The maximum Gasteiger partial charge on any atom is 0.289 e. The molecule has 0 aromatic heterocycles. The van der Waals surface area contributed by atoms with Gasteiger partial charge in [0, 0.05) is 6.07 Å². The van der Waals surface area contributed by atoms with E-state index >= 15 is 0 Å². The summed E-state index contributed by atoms with van der Waals surface area (Å²) in [4.78, 5) is 9.17. The second-order valence-electron chi connectivity index (χ2n) is 6.20. The lowest BCUT2D eigenvalue weighted by Gasteiger charge is -2.12. The number of methoxy groups -OCH3 is 2. The molecule has 0 unspecified atom stereocenters. The second-order valence-corrected chi connectivity index (χ2v) is 10.00. The Hall–Kier alpha value is -3.44. The summed E-state index contributed by atoms with van der Waals surface area (Å²) in [6.45, 7) is 0. The van der Waals surface area contributed by atoms with Crippen molar-refractivity contribution in [3.8, 4) is 11.5 Å². The van der Waals surface area contributed by atoms with Crippen LogP contribution in [0.5, 0.6) is 11.5 Å². The molecule has 0 saturated carbocycles. The van der Waals surface area contributed by atoms with Gasteiger partial charge in [0.15, 0.2) is 0 Å². The third-order valence-electron chi connectivity index (χ3n) is 4.44. The molecular formula is C20H17NO8S2. The highest BCUT2D eigenvalue weighted by molar-refractivity contribution is 7.92. The van der Waals surface area contributed by atoms with Crippen LogP contribution in [-0.4, -0.2) is 36.0 Å². The van der Waals surface area contributed by atoms with Crippen molar-refractivity contribution >= 4 is 25.4 Å². The van der Waals surface area contributed by atoms with Gasteiger partial charge < -0.3 is 9.47 Å². The predicted molar refractivity (Wildman–Crippen MR) is 110 cm³/mol. The smallest absolute Gasteiger partial charge is 0.289 e. The molecule has 11 heteroatoms. The number of hydrogen-bond donors (Lipinski definition) is 0. The Morgan fingerprint density at radius 2 is 1.19 bits per heavy atom. The van der Waals surface area contributed by atoms with Crippen molar-refractivity contribution in [3.63, 3.8) is 0 Å². The number of ether oxygens (including phenoxy) is 2. The van der Waals surface area contributed by atoms with E-state index in [1.807, 2.05) is 0 Å². The van der Waals surface area contributed by atoms with Crippen molar-refractivity contribution in [3.05, 3.63) is 76.8 Å². The Labute approximate surface area is 178 Å². The van der Waals surface area contributed by atoms with E-state index in [9.17, 15) is 26.9 Å². The summed E-state index contributed by atoms with van der Waals surface area (Å²) in [6, 6.07) is 14.1. The number of benzene rings is 3. The molecule has 0 aliphatic rings. The lowest BCUT2D eigenvalue weighted by Crippen LogP contribution is -2.10. The number of nitro benzene ring substituents is 1. The summed E-state index contributed by atoms with van der Waals surface area (Å²) in [6.07, 6.45) is 0. The van der Waals surface area contributed by atoms with Crippen LogP contribution in [0, 0.1) is 10.1 Å². The Balaban J connectivity index is 2.23. The number of rotatable bonds is 7. The van der Waals surface area contributed by atoms with Gasteiger partial charge in [-0.05, 0) is 36.4 Å². The van der Waals surface area contributed by atoms with Crippen LogP contribution in [-0.2, 0) is 19.7 Å². The lowest BCUT2D eigenvalue weighted by molar-refractivity contribution is -0.388. The molecule has 0 heterocycles. The molecule has 3 aromatic carbocycles. The minimum Gasteiger partial charge on any atom is -0.495 e. The molecular weight excluding hydrogens is 446 g/mol. The Bertz CT molecular complexity index is 1370. The molecule has 162 valence electrons. The fourth-order valence-electron chi connectivity index (χ4n) is 2.96. The molecule has 31 heavy (non-hydrogen) atoms. The first-order chi connectivity index (χ1) is 14.6. The van der Waals surface area contributed by atoms with Gasteiger partial charge in [-0.15, -0.1) is 0 Å². The largest absolute Gasteiger partial charge is 0.495 e. The van der Waals surface area contributed by atoms with Crippen molar-refractivity contribution in [2.24, 2.45) is 0 Å². The summed E-state index contributed by atoms with van der Waals surface area (Å²) in [7, 11) is -6.05. The van der Waals surface area contributed by atoms with E-state index in [2.05, 4.69) is 0 Å². The highest BCUT2D eigenvalue weighted by atomic mass is 32.2. The zero-order valence-electron chi connectivity index (χ0n) is 16.4. The van der Waals surface area contributed by atoms with Crippen LogP contribution < -0.4 is 9.47 Å². The minimum absolute atomic E-state index is 0.00233. The van der Waals surface area contributed by atoms with E-state index in [1.54, 1.807) is 12.1 Å². The van der Waals surface area contributed by atoms with Crippen LogP contribution in [0.1, 0.15) is 0 Å². The maximum absolute atomic E-state index is 13.1. The molecule has 3 aromatic rings. The molecule has 0 N–H and O–H groups in total. The van der Waals surface area contributed by atoms with Crippen LogP contribution in [0.3, 0.4) is 0 Å². The van der Waals surface area contributed by atoms with Gasteiger partial charge in [0.05, 0.1) is 24.0 Å². The number of nitrogens with zero attached hydrogens (tertiary/aromatic N) is 1. The summed E-state index contributed by atoms with van der Waals surface area (Å²) in [5.41, 5.74) is -0.873. The highest BCUT2D eigenvalue weighted by Crippen LogP contribution is 2.37. The first-order valence-electron chi connectivity index (χ1n) is 8.69. The van der Waals surface area contributed by atoms with Crippen LogP contribution in [0.4, 0.5) is 5.69 Å². The SMILES string of the molecule is COc1ccccc1S(=O)(=O)c1ccc(S(=O)(=O)c2ccccc2OC)c([N+](=O)[O-])c1. The van der Waals surface area contributed by atoms with Crippen molar-refractivity contribution in [2.45, 2.75) is 19.6 Å². The van der Waals surface area contributed by atoms with Crippen molar-refractivity contribution in [1.82, 2.24) is 0 Å². The van der Waals surface area contributed by atoms with E-state index in [0.29, 0.717) is 0 Å². The monoisotopic (exact) mass is 463 g/mol. The van der Waals surface area contributed by atoms with Crippen molar-refractivity contribution in [1.29, 1.82) is 0 Å². The summed E-state index contributed by atoms with van der Waals surface area (Å²) < 4.78 is 62.5. The van der Waals surface area contributed by atoms with E-state index in [-0.39, 0.29) is 21.3 Å². The molecule has 0 atom stereocenters. The quantitative estimate of drug-likeness (QED) is 0.385. The van der Waals surface area contributed by atoms with Crippen molar-refractivity contribution in [2.75, 3.05) is 14.2 Å². The zero-order chi connectivity index (χ0) is 22.8. The molecule has 0 aliphatic carbocycles. The van der Waals surface area contributed by atoms with E-state index in [0.717, 1.165) is 18.2 Å². The molecule has 0 amide bonds. The van der Waals surface area contributed by atoms with Crippen LogP contribution >= 0.6 is 0 Å². The van der Waals surface area contributed by atoms with Gasteiger partial charge in [-0.1, -0.05) is 24.3 Å². The Morgan fingerprint density at radius 1 is 0.710 bits per heavy atom. The van der Waals surface area contributed by atoms with Crippen LogP contribution in [0.25, 0.3) is 0 Å². The summed E-state index contributed by atoms with van der Waals surface area (Å²) in [5.74, 6) is 0.0541. The number of hydrogen-bond acceptors (Lipinski definition) is 8.